The minimum absolute atomic E-state index is 0.292. The molecule has 1 heterocycles. The first-order valence-corrected chi connectivity index (χ1v) is 10.0. The van der Waals surface area contributed by atoms with Gasteiger partial charge in [0.05, 0.1) is 16.6 Å². The number of para-hydroxylation sites is 2. The van der Waals surface area contributed by atoms with Crippen LogP contribution in [0.15, 0.2) is 24.3 Å². The molecule has 23 heavy (non-hydrogen) atoms. The van der Waals surface area contributed by atoms with Crippen LogP contribution in [0.3, 0.4) is 0 Å². The maximum absolute atomic E-state index is 12.7. The molecule has 0 bridgehead atoms. The van der Waals surface area contributed by atoms with Crippen molar-refractivity contribution in [2.45, 2.75) is 37.4 Å². The topological polar surface area (TPSA) is 57.7 Å². The molecular formula is C17H24N2O3S. The Kier molecular flexibility index (Phi) is 4.62. The normalized spacial score (nSPS) is 19.5. The second-order valence-electron chi connectivity index (χ2n) is 6.52. The van der Waals surface area contributed by atoms with Gasteiger partial charge in [0.15, 0.2) is 9.84 Å². The minimum atomic E-state index is -3.34. The lowest BCUT2D eigenvalue weighted by Gasteiger charge is -2.24. The number of carbonyl (C=O) groups is 1. The van der Waals surface area contributed by atoms with Crippen molar-refractivity contribution < 1.29 is 13.2 Å². The van der Waals surface area contributed by atoms with Crippen molar-refractivity contribution in [2.75, 3.05) is 35.7 Å². The van der Waals surface area contributed by atoms with Crippen molar-refractivity contribution in [3.63, 3.8) is 0 Å². The van der Waals surface area contributed by atoms with Crippen LogP contribution in [0.1, 0.15) is 32.1 Å². The average molecular weight is 336 g/mol. The zero-order chi connectivity index (χ0) is 16.4. The van der Waals surface area contributed by atoms with E-state index in [2.05, 4.69) is 4.90 Å². The Hall–Kier alpha value is -1.56. The summed E-state index contributed by atoms with van der Waals surface area (Å²) in [5.41, 5.74) is 1.80. The molecule has 1 aromatic carbocycles. The molecule has 5 nitrogen and oxygen atoms in total. The van der Waals surface area contributed by atoms with Gasteiger partial charge in [-0.25, -0.2) is 8.42 Å². The second kappa shape index (κ2) is 6.51. The van der Waals surface area contributed by atoms with Gasteiger partial charge in [0, 0.05) is 20.1 Å². The van der Waals surface area contributed by atoms with Gasteiger partial charge in [-0.1, -0.05) is 25.0 Å². The molecule has 1 saturated carbocycles. The van der Waals surface area contributed by atoms with Crippen molar-refractivity contribution in [1.82, 2.24) is 0 Å². The third-order valence-corrected chi connectivity index (χ3v) is 7.03. The Bertz CT molecular complexity index is 681. The highest BCUT2D eigenvalue weighted by atomic mass is 32.2. The van der Waals surface area contributed by atoms with E-state index in [0.29, 0.717) is 19.4 Å². The van der Waals surface area contributed by atoms with E-state index in [4.69, 9.17) is 0 Å². The number of hydrogen-bond donors (Lipinski definition) is 0. The lowest BCUT2D eigenvalue weighted by molar-refractivity contribution is -0.116. The van der Waals surface area contributed by atoms with Gasteiger partial charge >= 0.3 is 0 Å². The number of sulfone groups is 1. The van der Waals surface area contributed by atoms with Crippen LogP contribution < -0.4 is 9.80 Å². The summed E-state index contributed by atoms with van der Waals surface area (Å²) in [6, 6.07) is 7.71. The average Bonchev–Trinajstić information content (AvgIpc) is 3.01. The molecule has 1 aromatic rings. The monoisotopic (exact) mass is 336 g/mol. The van der Waals surface area contributed by atoms with Crippen molar-refractivity contribution in [2.24, 2.45) is 0 Å². The van der Waals surface area contributed by atoms with Crippen LogP contribution >= 0.6 is 0 Å². The smallest absolute Gasteiger partial charge is 0.242 e. The van der Waals surface area contributed by atoms with Gasteiger partial charge < -0.3 is 9.80 Å². The van der Waals surface area contributed by atoms with Gasteiger partial charge in [-0.15, -0.1) is 0 Å². The van der Waals surface area contributed by atoms with Crippen LogP contribution in [0, 0.1) is 0 Å². The van der Waals surface area contributed by atoms with Crippen LogP contribution in [0.5, 0.6) is 0 Å². The fraction of sp³-hybridized carbons (Fsp3) is 0.588. The zero-order valence-electron chi connectivity index (χ0n) is 13.6. The molecule has 0 N–H and O–H groups in total. The van der Waals surface area contributed by atoms with Crippen molar-refractivity contribution in [1.29, 1.82) is 0 Å². The van der Waals surface area contributed by atoms with E-state index in [-0.39, 0.29) is 16.9 Å². The zero-order valence-corrected chi connectivity index (χ0v) is 14.4. The molecule has 0 radical (unpaired) electrons. The summed E-state index contributed by atoms with van der Waals surface area (Å²) in [7, 11) is -1.34. The van der Waals surface area contributed by atoms with Crippen LogP contribution in [-0.2, 0) is 14.6 Å². The van der Waals surface area contributed by atoms with E-state index >= 15 is 0 Å². The van der Waals surface area contributed by atoms with E-state index in [9.17, 15) is 13.2 Å². The van der Waals surface area contributed by atoms with E-state index in [1.807, 2.05) is 31.3 Å². The number of nitrogens with zero attached hydrogens (tertiary/aromatic N) is 2. The molecule has 126 valence electrons. The Morgan fingerprint density at radius 3 is 2.43 bits per heavy atom. The van der Waals surface area contributed by atoms with Gasteiger partial charge in [-0.3, -0.25) is 4.79 Å². The molecule has 1 amide bonds. The Morgan fingerprint density at radius 1 is 1.09 bits per heavy atom. The van der Waals surface area contributed by atoms with Gasteiger partial charge in [0.1, 0.15) is 5.75 Å². The molecule has 0 atom stereocenters. The Balaban J connectivity index is 1.83. The van der Waals surface area contributed by atoms with E-state index < -0.39 is 9.84 Å². The first-order valence-electron chi connectivity index (χ1n) is 8.31. The van der Waals surface area contributed by atoms with Crippen LogP contribution in [0.4, 0.5) is 11.4 Å². The predicted molar refractivity (Wildman–Crippen MR) is 92.7 cm³/mol. The summed E-state index contributed by atoms with van der Waals surface area (Å²) in [5.74, 6) is -0.657. The highest BCUT2D eigenvalue weighted by Crippen LogP contribution is 2.32. The third-order valence-electron chi connectivity index (χ3n) is 4.89. The number of rotatable bonds is 3. The molecule has 3 rings (SSSR count). The molecule has 0 spiro atoms. The fourth-order valence-corrected chi connectivity index (χ4v) is 5.38. The number of benzene rings is 1. The molecule has 1 aliphatic heterocycles. The minimum Gasteiger partial charge on any atom is -0.373 e. The molecular weight excluding hydrogens is 312 g/mol. The summed E-state index contributed by atoms with van der Waals surface area (Å²) in [6.07, 6.45) is 4.15. The highest BCUT2D eigenvalue weighted by Gasteiger charge is 2.33. The van der Waals surface area contributed by atoms with E-state index in [0.717, 1.165) is 37.2 Å². The first-order chi connectivity index (χ1) is 11.0. The molecule has 0 unspecified atom stereocenters. The van der Waals surface area contributed by atoms with Crippen molar-refractivity contribution in [3.8, 4) is 0 Å². The number of amides is 1. The lowest BCUT2D eigenvalue weighted by Crippen LogP contribution is -2.38. The Labute approximate surface area is 138 Å². The van der Waals surface area contributed by atoms with Gasteiger partial charge in [-0.05, 0) is 31.4 Å². The summed E-state index contributed by atoms with van der Waals surface area (Å²) >= 11 is 0. The van der Waals surface area contributed by atoms with Crippen LogP contribution in [0.2, 0.25) is 0 Å². The number of fused-ring (bicyclic) bond motifs is 1. The largest absolute Gasteiger partial charge is 0.373 e. The van der Waals surface area contributed by atoms with Gasteiger partial charge in [-0.2, -0.15) is 0 Å². The molecule has 6 heteroatoms. The number of carbonyl (C=O) groups excluding carboxylic acids is 1. The van der Waals surface area contributed by atoms with Crippen LogP contribution in [-0.4, -0.2) is 45.5 Å². The van der Waals surface area contributed by atoms with Crippen molar-refractivity contribution in [3.05, 3.63) is 24.3 Å². The maximum atomic E-state index is 12.7. The highest BCUT2D eigenvalue weighted by molar-refractivity contribution is 7.92. The quantitative estimate of drug-likeness (QED) is 0.849. The number of anilines is 2. The summed E-state index contributed by atoms with van der Waals surface area (Å²) in [4.78, 5) is 16.5. The molecule has 1 aliphatic carbocycles. The van der Waals surface area contributed by atoms with Gasteiger partial charge in [0.25, 0.3) is 0 Å². The van der Waals surface area contributed by atoms with E-state index in [1.54, 1.807) is 4.90 Å². The standard InChI is InChI=1S/C17H24N2O3S/c1-18-11-6-12-19(16-10-5-4-9-15(16)18)17(20)13-23(21,22)14-7-2-3-8-14/h4-5,9-10,14H,2-3,6-8,11-13H2,1H3. The summed E-state index contributed by atoms with van der Waals surface area (Å²) in [5, 5.41) is -0.323. The molecule has 1 fully saturated rings. The third kappa shape index (κ3) is 3.37. The predicted octanol–water partition coefficient (Wildman–Crippen LogP) is 2.22. The molecule has 2 aliphatic rings. The van der Waals surface area contributed by atoms with E-state index in [1.165, 1.54) is 0 Å². The second-order valence-corrected chi connectivity index (χ2v) is 8.80. The number of hydrogen-bond acceptors (Lipinski definition) is 4. The molecule has 0 saturated heterocycles. The maximum Gasteiger partial charge on any atom is 0.242 e. The van der Waals surface area contributed by atoms with Gasteiger partial charge in [0.2, 0.25) is 5.91 Å². The molecule has 0 aromatic heterocycles. The lowest BCUT2D eigenvalue weighted by atomic mass is 10.2. The van der Waals surface area contributed by atoms with Crippen molar-refractivity contribution >= 4 is 27.1 Å². The SMILES string of the molecule is CN1CCCN(C(=O)CS(=O)(=O)C2CCCC2)c2ccccc21. The fourth-order valence-electron chi connectivity index (χ4n) is 3.60. The summed E-state index contributed by atoms with van der Waals surface area (Å²) in [6.45, 7) is 1.43. The Morgan fingerprint density at radius 2 is 1.74 bits per heavy atom. The first kappa shape index (κ1) is 16.3. The summed E-state index contributed by atoms with van der Waals surface area (Å²) < 4.78 is 25.0. The van der Waals surface area contributed by atoms with Crippen LogP contribution in [0.25, 0.3) is 0 Å².